The molecule has 1 fully saturated rings. The standard InChI is InChI=1S/C26H27F2N7O2/c1-5-23(36)33-13-19(10-15(33)2)35-16(3)24(31-32-35)18-11-21-25(34(14-30-21)26(27)28)22(12-18)37-17(4)20-8-6-7-9-29-20/h5-9,11-12,14-15,17,19,26H,1,10,13H2,2-4H3/t15-,17-,19+/m1/s1. The predicted molar refractivity (Wildman–Crippen MR) is 133 cm³/mol. The molecule has 0 saturated carbocycles. The van der Waals surface area contributed by atoms with E-state index in [4.69, 9.17) is 4.74 Å². The molecule has 5 rings (SSSR count). The number of hydrogen-bond acceptors (Lipinski definition) is 6. The Kier molecular flexibility index (Phi) is 6.45. The van der Waals surface area contributed by atoms with E-state index < -0.39 is 12.7 Å². The molecule has 0 spiro atoms. The first-order chi connectivity index (χ1) is 17.8. The average molecular weight is 508 g/mol. The minimum Gasteiger partial charge on any atom is -0.482 e. The van der Waals surface area contributed by atoms with Gasteiger partial charge in [-0.15, -0.1) is 5.10 Å². The van der Waals surface area contributed by atoms with Crippen LogP contribution in [0.1, 0.15) is 50.4 Å². The fraction of sp³-hybridized carbons (Fsp3) is 0.346. The fourth-order valence-corrected chi connectivity index (χ4v) is 4.93. The van der Waals surface area contributed by atoms with Crippen molar-refractivity contribution in [2.24, 2.45) is 0 Å². The Bertz CT molecular complexity index is 1450. The van der Waals surface area contributed by atoms with Crippen LogP contribution in [0.2, 0.25) is 0 Å². The maximum Gasteiger partial charge on any atom is 0.320 e. The van der Waals surface area contributed by atoms with Crippen LogP contribution in [0.15, 0.2) is 55.5 Å². The lowest BCUT2D eigenvalue weighted by atomic mass is 10.1. The van der Waals surface area contributed by atoms with Gasteiger partial charge in [0.25, 0.3) is 0 Å². The first-order valence-corrected chi connectivity index (χ1v) is 12.0. The summed E-state index contributed by atoms with van der Waals surface area (Å²) in [7, 11) is 0. The molecular formula is C26H27F2N7O2. The van der Waals surface area contributed by atoms with E-state index in [-0.39, 0.29) is 29.3 Å². The molecule has 3 aromatic heterocycles. The van der Waals surface area contributed by atoms with Crippen LogP contribution in [-0.2, 0) is 4.79 Å². The zero-order chi connectivity index (χ0) is 26.3. The van der Waals surface area contributed by atoms with Crippen LogP contribution in [0.3, 0.4) is 0 Å². The molecule has 0 unspecified atom stereocenters. The number of imidazole rings is 1. The summed E-state index contributed by atoms with van der Waals surface area (Å²) in [6.07, 6.45) is 4.31. The van der Waals surface area contributed by atoms with E-state index in [9.17, 15) is 13.6 Å². The van der Waals surface area contributed by atoms with Crippen molar-refractivity contribution in [1.29, 1.82) is 0 Å². The van der Waals surface area contributed by atoms with Crippen LogP contribution in [0.5, 0.6) is 5.75 Å². The van der Waals surface area contributed by atoms with E-state index in [2.05, 4.69) is 26.9 Å². The molecule has 0 radical (unpaired) electrons. The van der Waals surface area contributed by atoms with Crippen LogP contribution in [0.25, 0.3) is 22.3 Å². The SMILES string of the molecule is C=CC(=O)N1C[C@@H](n2nnc(-c3cc(O[C@H](C)c4ccccn4)c4c(c3)ncn4C(F)F)c2C)C[C@H]1C. The first-order valence-electron chi connectivity index (χ1n) is 12.0. The monoisotopic (exact) mass is 507 g/mol. The van der Waals surface area contributed by atoms with Crippen molar-refractivity contribution in [1.82, 2.24) is 34.4 Å². The van der Waals surface area contributed by atoms with Gasteiger partial charge in [0.2, 0.25) is 5.91 Å². The van der Waals surface area contributed by atoms with Crippen molar-refractivity contribution in [3.8, 4) is 17.0 Å². The van der Waals surface area contributed by atoms with E-state index in [0.29, 0.717) is 29.0 Å². The smallest absolute Gasteiger partial charge is 0.320 e. The number of pyridine rings is 1. The second kappa shape index (κ2) is 9.72. The van der Waals surface area contributed by atoms with Gasteiger partial charge in [0, 0.05) is 24.3 Å². The van der Waals surface area contributed by atoms with Crippen molar-refractivity contribution in [3.63, 3.8) is 0 Å². The molecule has 1 saturated heterocycles. The highest BCUT2D eigenvalue weighted by atomic mass is 19.3. The van der Waals surface area contributed by atoms with E-state index in [1.54, 1.807) is 29.3 Å². The molecule has 1 aliphatic rings. The van der Waals surface area contributed by atoms with Gasteiger partial charge in [-0.1, -0.05) is 17.9 Å². The molecule has 11 heteroatoms. The van der Waals surface area contributed by atoms with Crippen LogP contribution in [0, 0.1) is 6.92 Å². The highest BCUT2D eigenvalue weighted by Gasteiger charge is 2.34. The number of halogens is 2. The van der Waals surface area contributed by atoms with Crippen molar-refractivity contribution >= 4 is 16.9 Å². The molecule has 37 heavy (non-hydrogen) atoms. The molecule has 0 bridgehead atoms. The normalized spacial score (nSPS) is 18.5. The Morgan fingerprint density at radius 2 is 2.08 bits per heavy atom. The number of ether oxygens (including phenoxy) is 1. The van der Waals surface area contributed by atoms with Gasteiger partial charge in [0.1, 0.15) is 29.4 Å². The van der Waals surface area contributed by atoms with Gasteiger partial charge in [0.15, 0.2) is 0 Å². The third-order valence-corrected chi connectivity index (χ3v) is 6.81. The lowest BCUT2D eigenvalue weighted by Gasteiger charge is -2.19. The van der Waals surface area contributed by atoms with Crippen LogP contribution in [-0.4, -0.2) is 52.9 Å². The maximum atomic E-state index is 13.8. The number of alkyl halides is 2. The number of aromatic nitrogens is 6. The number of carbonyl (C=O) groups is 1. The second-order valence-corrected chi connectivity index (χ2v) is 9.19. The number of hydrogen-bond donors (Lipinski definition) is 0. The van der Waals surface area contributed by atoms with E-state index in [1.165, 1.54) is 6.08 Å². The summed E-state index contributed by atoms with van der Waals surface area (Å²) in [5.41, 5.74) is 3.23. The van der Waals surface area contributed by atoms with Crippen LogP contribution in [0.4, 0.5) is 8.78 Å². The zero-order valence-electron chi connectivity index (χ0n) is 20.8. The third-order valence-electron chi connectivity index (χ3n) is 6.81. The van der Waals surface area contributed by atoms with E-state index in [0.717, 1.165) is 23.0 Å². The first kappa shape index (κ1) is 24.5. The minimum absolute atomic E-state index is 0.0400. The van der Waals surface area contributed by atoms with Crippen molar-refractivity contribution in [2.75, 3.05) is 6.54 Å². The Morgan fingerprint density at radius 1 is 1.27 bits per heavy atom. The van der Waals surface area contributed by atoms with Gasteiger partial charge in [-0.25, -0.2) is 9.67 Å². The quantitative estimate of drug-likeness (QED) is 0.331. The summed E-state index contributed by atoms with van der Waals surface area (Å²) in [6.45, 7) is 7.01. The number of rotatable bonds is 7. The van der Waals surface area contributed by atoms with Gasteiger partial charge in [0.05, 0.1) is 22.9 Å². The van der Waals surface area contributed by atoms with Gasteiger partial charge < -0.3 is 9.64 Å². The number of benzene rings is 1. The molecule has 4 aromatic rings. The molecule has 0 N–H and O–H groups in total. The van der Waals surface area contributed by atoms with Crippen LogP contribution >= 0.6 is 0 Å². The third kappa shape index (κ3) is 4.45. The summed E-state index contributed by atoms with van der Waals surface area (Å²) in [5.74, 6) is 0.131. The molecule has 0 aliphatic carbocycles. The van der Waals surface area contributed by atoms with Gasteiger partial charge in [-0.2, -0.15) is 8.78 Å². The number of carbonyl (C=O) groups excluding carboxylic acids is 1. The predicted octanol–water partition coefficient (Wildman–Crippen LogP) is 4.88. The number of fused-ring (bicyclic) bond motifs is 1. The molecular weight excluding hydrogens is 480 g/mol. The Hall–Kier alpha value is -4.15. The maximum absolute atomic E-state index is 13.8. The molecule has 4 heterocycles. The summed E-state index contributed by atoms with van der Waals surface area (Å²) < 4.78 is 36.3. The van der Waals surface area contributed by atoms with E-state index >= 15 is 0 Å². The molecule has 1 aliphatic heterocycles. The van der Waals surface area contributed by atoms with Gasteiger partial charge in [-0.05, 0) is 57.5 Å². The lowest BCUT2D eigenvalue weighted by Crippen LogP contribution is -2.32. The molecule has 9 nitrogen and oxygen atoms in total. The highest BCUT2D eigenvalue weighted by Crippen LogP contribution is 2.37. The van der Waals surface area contributed by atoms with Crippen molar-refractivity contribution < 1.29 is 18.3 Å². The average Bonchev–Trinajstić information content (AvgIpc) is 3.60. The Labute approximate surface area is 212 Å². The fourth-order valence-electron chi connectivity index (χ4n) is 4.93. The molecule has 1 amide bonds. The molecule has 1 aromatic carbocycles. The van der Waals surface area contributed by atoms with Crippen LogP contribution < -0.4 is 4.74 Å². The molecule has 192 valence electrons. The number of likely N-dealkylation sites (tertiary alicyclic amines) is 1. The second-order valence-electron chi connectivity index (χ2n) is 9.19. The van der Waals surface area contributed by atoms with Crippen molar-refractivity contribution in [3.05, 3.63) is 66.9 Å². The van der Waals surface area contributed by atoms with Gasteiger partial charge >= 0.3 is 6.55 Å². The largest absolute Gasteiger partial charge is 0.482 e. The van der Waals surface area contributed by atoms with Gasteiger partial charge in [-0.3, -0.25) is 14.3 Å². The number of nitrogens with zero attached hydrogens (tertiary/aromatic N) is 7. The van der Waals surface area contributed by atoms with Crippen molar-refractivity contribution in [2.45, 2.75) is 51.9 Å². The lowest BCUT2D eigenvalue weighted by molar-refractivity contribution is -0.126. The Morgan fingerprint density at radius 3 is 2.78 bits per heavy atom. The summed E-state index contributed by atoms with van der Waals surface area (Å²) >= 11 is 0. The highest BCUT2D eigenvalue weighted by molar-refractivity contribution is 5.88. The zero-order valence-corrected chi connectivity index (χ0v) is 20.8. The minimum atomic E-state index is -2.78. The topological polar surface area (TPSA) is 91.0 Å². The number of amides is 1. The Balaban J connectivity index is 1.53. The summed E-state index contributed by atoms with van der Waals surface area (Å²) in [4.78, 5) is 22.5. The molecule has 3 atom stereocenters. The summed E-state index contributed by atoms with van der Waals surface area (Å²) in [6, 6.07) is 8.85. The van der Waals surface area contributed by atoms with E-state index in [1.807, 2.05) is 37.6 Å². The summed E-state index contributed by atoms with van der Waals surface area (Å²) in [5, 5.41) is 8.80.